The highest BCUT2D eigenvalue weighted by atomic mass is 16.2. The number of amides is 1. The largest absolute Gasteiger partial charge is 0.339 e. The van der Waals surface area contributed by atoms with Gasteiger partial charge >= 0.3 is 0 Å². The predicted molar refractivity (Wildman–Crippen MR) is 131 cm³/mol. The van der Waals surface area contributed by atoms with E-state index in [-0.39, 0.29) is 5.91 Å². The molecule has 0 N–H and O–H groups in total. The smallest absolute Gasteiger partial charge is 0.253 e. The van der Waals surface area contributed by atoms with Crippen molar-refractivity contribution in [2.75, 3.05) is 13.1 Å². The van der Waals surface area contributed by atoms with Crippen LogP contribution in [0.25, 0.3) is 11.3 Å². The maximum atomic E-state index is 13.2. The van der Waals surface area contributed by atoms with Crippen LogP contribution in [0.5, 0.6) is 0 Å². The lowest BCUT2D eigenvalue weighted by atomic mass is 9.92. The van der Waals surface area contributed by atoms with E-state index in [2.05, 4.69) is 64.3 Å². The summed E-state index contributed by atoms with van der Waals surface area (Å²) in [5.41, 5.74) is 6.98. The van der Waals surface area contributed by atoms with Crippen molar-refractivity contribution in [2.24, 2.45) is 0 Å². The number of pyridine rings is 2. The fourth-order valence-electron chi connectivity index (χ4n) is 4.54. The molecule has 170 valence electrons. The maximum absolute atomic E-state index is 13.2. The highest BCUT2D eigenvalue weighted by molar-refractivity contribution is 5.95. The van der Waals surface area contributed by atoms with Crippen molar-refractivity contribution >= 4 is 5.91 Å². The number of piperidine rings is 1. The van der Waals surface area contributed by atoms with Crippen LogP contribution in [-0.4, -0.2) is 43.8 Å². The van der Waals surface area contributed by atoms with Gasteiger partial charge in [0.15, 0.2) is 0 Å². The molecule has 0 radical (unpaired) electrons. The van der Waals surface area contributed by atoms with Gasteiger partial charge in [-0.1, -0.05) is 30.3 Å². The molecule has 0 saturated carbocycles. The molecule has 3 aromatic heterocycles. The number of hydrogen-bond acceptors (Lipinski definition) is 5. The zero-order valence-electron chi connectivity index (χ0n) is 19.3. The molecule has 1 saturated heterocycles. The minimum absolute atomic E-state index is 0.0419. The van der Waals surface area contributed by atoms with Gasteiger partial charge < -0.3 is 4.90 Å². The van der Waals surface area contributed by atoms with Gasteiger partial charge in [-0.2, -0.15) is 0 Å². The van der Waals surface area contributed by atoms with Crippen LogP contribution in [0, 0.1) is 6.92 Å². The van der Waals surface area contributed by atoms with Crippen molar-refractivity contribution in [3.05, 3.63) is 108 Å². The summed E-state index contributed by atoms with van der Waals surface area (Å²) in [4.78, 5) is 32.5. The topological polar surface area (TPSA) is 71.9 Å². The Balaban J connectivity index is 1.24. The third-order valence-electron chi connectivity index (χ3n) is 6.52. The second-order valence-corrected chi connectivity index (χ2v) is 8.78. The molecule has 6 heteroatoms. The minimum atomic E-state index is 0.0419. The normalized spacial score (nSPS) is 14.2. The molecule has 0 bridgehead atoms. The first-order valence-electron chi connectivity index (χ1n) is 11.7. The van der Waals surface area contributed by atoms with E-state index in [1.807, 2.05) is 11.0 Å². The Hall–Kier alpha value is -3.93. The van der Waals surface area contributed by atoms with Gasteiger partial charge in [-0.25, -0.2) is 9.97 Å². The zero-order valence-corrected chi connectivity index (χ0v) is 19.3. The molecule has 1 aliphatic heterocycles. The van der Waals surface area contributed by atoms with E-state index in [1.54, 1.807) is 24.7 Å². The summed E-state index contributed by atoms with van der Waals surface area (Å²) in [5.74, 6) is 0.413. The first-order valence-corrected chi connectivity index (χ1v) is 11.7. The number of likely N-dealkylation sites (tertiary alicyclic amines) is 1. The number of nitrogens with zero attached hydrogens (tertiary/aromatic N) is 5. The fourth-order valence-corrected chi connectivity index (χ4v) is 4.54. The summed E-state index contributed by atoms with van der Waals surface area (Å²) in [6.07, 6.45) is 9.23. The molecule has 1 aliphatic rings. The van der Waals surface area contributed by atoms with Gasteiger partial charge in [0.05, 0.1) is 5.69 Å². The lowest BCUT2D eigenvalue weighted by molar-refractivity contribution is 0.0712. The molecule has 1 amide bonds. The average molecular weight is 450 g/mol. The average Bonchev–Trinajstić information content (AvgIpc) is 2.90. The van der Waals surface area contributed by atoms with Crippen molar-refractivity contribution in [3.63, 3.8) is 0 Å². The van der Waals surface area contributed by atoms with Gasteiger partial charge in [-0.05, 0) is 55.2 Å². The Morgan fingerprint density at radius 2 is 1.79 bits per heavy atom. The molecule has 0 unspecified atom stereocenters. The number of hydrogen-bond donors (Lipinski definition) is 0. The van der Waals surface area contributed by atoms with E-state index in [0.717, 1.165) is 49.3 Å². The highest BCUT2D eigenvalue weighted by Crippen LogP contribution is 2.28. The summed E-state index contributed by atoms with van der Waals surface area (Å²) in [7, 11) is 0. The van der Waals surface area contributed by atoms with Gasteiger partial charge in [0, 0.05) is 66.5 Å². The summed E-state index contributed by atoms with van der Waals surface area (Å²) in [6, 6.07) is 18.4. The quantitative estimate of drug-likeness (QED) is 0.435. The SMILES string of the molecule is Cc1ccccc1Cc1cccc(C2CCN(C(=O)c3ccnc(-c4cncnc4)c3)CC2)n1. The number of benzene rings is 1. The Morgan fingerprint density at radius 1 is 1.00 bits per heavy atom. The number of rotatable bonds is 5. The van der Waals surface area contributed by atoms with Gasteiger partial charge in [0.25, 0.3) is 5.91 Å². The second-order valence-electron chi connectivity index (χ2n) is 8.78. The minimum Gasteiger partial charge on any atom is -0.339 e. The van der Waals surface area contributed by atoms with Gasteiger partial charge in [-0.3, -0.25) is 14.8 Å². The number of aromatic nitrogens is 4. The van der Waals surface area contributed by atoms with Crippen molar-refractivity contribution in [1.29, 1.82) is 0 Å². The number of carbonyl (C=O) groups excluding carboxylic acids is 1. The predicted octanol–water partition coefficient (Wildman–Crippen LogP) is 4.85. The number of aryl methyl sites for hydroxylation is 1. The summed E-state index contributed by atoms with van der Waals surface area (Å²) in [6.45, 7) is 3.59. The van der Waals surface area contributed by atoms with Gasteiger partial charge in [0.2, 0.25) is 0 Å². The second kappa shape index (κ2) is 9.91. The van der Waals surface area contributed by atoms with Gasteiger partial charge in [-0.15, -0.1) is 0 Å². The summed E-state index contributed by atoms with van der Waals surface area (Å²) in [5, 5.41) is 0. The highest BCUT2D eigenvalue weighted by Gasteiger charge is 2.25. The first kappa shape index (κ1) is 21.9. The van der Waals surface area contributed by atoms with E-state index < -0.39 is 0 Å². The van der Waals surface area contributed by atoms with E-state index in [4.69, 9.17) is 4.98 Å². The molecule has 1 aromatic carbocycles. The van der Waals surface area contributed by atoms with Crippen molar-refractivity contribution in [2.45, 2.75) is 32.1 Å². The lowest BCUT2D eigenvalue weighted by Crippen LogP contribution is -2.38. The zero-order chi connectivity index (χ0) is 23.3. The molecule has 4 aromatic rings. The molecule has 0 spiro atoms. The fraction of sp³-hybridized carbons (Fsp3) is 0.250. The van der Waals surface area contributed by atoms with Crippen molar-refractivity contribution in [3.8, 4) is 11.3 Å². The summed E-state index contributed by atoms with van der Waals surface area (Å²) < 4.78 is 0. The lowest BCUT2D eigenvalue weighted by Gasteiger charge is -2.32. The molecular weight excluding hydrogens is 422 g/mol. The van der Waals surface area contributed by atoms with Gasteiger partial charge in [0.1, 0.15) is 6.33 Å². The third kappa shape index (κ3) is 4.86. The van der Waals surface area contributed by atoms with Crippen LogP contribution < -0.4 is 0 Å². The third-order valence-corrected chi connectivity index (χ3v) is 6.52. The molecular formula is C28H27N5O. The molecule has 0 atom stereocenters. The molecule has 6 nitrogen and oxygen atoms in total. The maximum Gasteiger partial charge on any atom is 0.253 e. The van der Waals surface area contributed by atoms with Crippen LogP contribution in [0.3, 0.4) is 0 Å². The standard InChI is InChI=1S/C28H27N5O/c1-20-5-2-3-6-22(20)15-25-7-4-8-26(32-25)21-10-13-33(14-11-21)28(34)23-9-12-31-27(16-23)24-17-29-19-30-18-24/h2-9,12,16-19,21H,10-11,13-15H2,1H3. The van der Waals surface area contributed by atoms with Crippen LogP contribution in [0.15, 0.2) is 79.5 Å². The Bertz CT molecular complexity index is 1280. The first-order chi connectivity index (χ1) is 16.7. The van der Waals surface area contributed by atoms with E-state index in [9.17, 15) is 4.79 Å². The van der Waals surface area contributed by atoms with Crippen molar-refractivity contribution in [1.82, 2.24) is 24.8 Å². The van der Waals surface area contributed by atoms with Crippen LogP contribution in [-0.2, 0) is 6.42 Å². The molecule has 34 heavy (non-hydrogen) atoms. The van der Waals surface area contributed by atoms with Crippen LogP contribution in [0.2, 0.25) is 0 Å². The monoisotopic (exact) mass is 449 g/mol. The molecule has 1 fully saturated rings. The van der Waals surface area contributed by atoms with Crippen molar-refractivity contribution < 1.29 is 4.79 Å². The van der Waals surface area contributed by atoms with Crippen LogP contribution in [0.4, 0.5) is 0 Å². The Labute approximate surface area is 199 Å². The van der Waals surface area contributed by atoms with E-state index in [1.165, 1.54) is 17.5 Å². The Morgan fingerprint density at radius 3 is 2.59 bits per heavy atom. The molecule has 4 heterocycles. The number of carbonyl (C=O) groups is 1. The Kier molecular flexibility index (Phi) is 6.38. The van der Waals surface area contributed by atoms with E-state index >= 15 is 0 Å². The van der Waals surface area contributed by atoms with Crippen LogP contribution >= 0.6 is 0 Å². The summed E-state index contributed by atoms with van der Waals surface area (Å²) >= 11 is 0. The van der Waals surface area contributed by atoms with E-state index in [0.29, 0.717) is 17.2 Å². The molecule has 0 aliphatic carbocycles. The van der Waals surface area contributed by atoms with Crippen LogP contribution in [0.1, 0.15) is 51.6 Å². The molecule has 5 rings (SSSR count).